The average molecular weight is 789 g/mol. The smallest absolute Gasteiger partial charge is 0.421 e. The van der Waals surface area contributed by atoms with Crippen LogP contribution in [0.1, 0.15) is 40.2 Å². The van der Waals surface area contributed by atoms with Crippen LogP contribution in [0.5, 0.6) is 0 Å². The van der Waals surface area contributed by atoms with Gasteiger partial charge in [0.1, 0.15) is 17.2 Å². The van der Waals surface area contributed by atoms with E-state index in [1.807, 2.05) is 6.07 Å². The van der Waals surface area contributed by atoms with Crippen LogP contribution in [0, 0.1) is 0 Å². The van der Waals surface area contributed by atoms with Gasteiger partial charge < -0.3 is 9.84 Å². The maximum atomic E-state index is 13.4. The summed E-state index contributed by atoms with van der Waals surface area (Å²) in [4.78, 5) is 23.3. The van der Waals surface area contributed by atoms with Crippen molar-refractivity contribution in [2.45, 2.75) is 25.4 Å². The molecule has 0 bridgehead atoms. The fraction of sp³-hybridized carbons (Fsp3) is 0.133. The lowest BCUT2D eigenvalue weighted by molar-refractivity contribution is -0.138. The van der Waals surface area contributed by atoms with Gasteiger partial charge in [0.05, 0.1) is 23.8 Å². The van der Waals surface area contributed by atoms with E-state index in [2.05, 4.69) is 47.4 Å². The predicted molar refractivity (Wildman–Crippen MR) is 164 cm³/mol. The number of hydrogen-bond acceptors (Lipinski definition) is 5. The van der Waals surface area contributed by atoms with Crippen LogP contribution in [0.15, 0.2) is 100 Å². The lowest BCUT2D eigenvalue weighted by Gasteiger charge is -2.16. The highest BCUT2D eigenvalue weighted by atomic mass is 79.9. The van der Waals surface area contributed by atoms with Crippen LogP contribution in [-0.4, -0.2) is 36.7 Å². The van der Waals surface area contributed by atoms with Crippen molar-refractivity contribution in [1.82, 2.24) is 19.6 Å². The number of amides is 1. The first-order valence-corrected chi connectivity index (χ1v) is 14.7. The molecule has 0 aliphatic heterocycles. The van der Waals surface area contributed by atoms with Gasteiger partial charge in [-0.15, -0.1) is 0 Å². The van der Waals surface area contributed by atoms with Crippen LogP contribution in [0.2, 0.25) is 0 Å². The molecule has 0 unspecified atom stereocenters. The summed E-state index contributed by atoms with van der Waals surface area (Å²) in [6, 6.07) is 21.4. The third kappa shape index (κ3) is 8.79. The van der Waals surface area contributed by atoms with Gasteiger partial charge in [0.2, 0.25) is 0 Å². The third-order valence-electron chi connectivity index (χ3n) is 6.27. The van der Waals surface area contributed by atoms with Crippen LogP contribution in [-0.2, 0) is 17.1 Å². The highest BCUT2D eigenvalue weighted by Crippen LogP contribution is 2.36. The van der Waals surface area contributed by atoms with E-state index in [1.54, 1.807) is 67.6 Å². The second-order valence-corrected chi connectivity index (χ2v) is 11.3. The van der Waals surface area contributed by atoms with Crippen molar-refractivity contribution in [1.29, 1.82) is 0 Å². The van der Waals surface area contributed by atoms with Crippen molar-refractivity contribution in [3.63, 3.8) is 0 Å². The average Bonchev–Trinajstić information content (AvgIpc) is 3.64. The molecule has 0 radical (unpaired) electrons. The van der Waals surface area contributed by atoms with Crippen molar-refractivity contribution in [3.05, 3.63) is 123 Å². The summed E-state index contributed by atoms with van der Waals surface area (Å²) in [5.41, 5.74) is -1.95. The van der Waals surface area contributed by atoms with Gasteiger partial charge in [0.25, 0.3) is 0 Å². The summed E-state index contributed by atoms with van der Waals surface area (Å²) in [7, 11) is 0. The van der Waals surface area contributed by atoms with Crippen LogP contribution in [0.3, 0.4) is 0 Å². The molecule has 0 spiro atoms. The molecule has 5 rings (SSSR count). The molecular formula is C30H21Br2F6N5O4. The van der Waals surface area contributed by atoms with E-state index >= 15 is 0 Å². The zero-order chi connectivity index (χ0) is 34.5. The lowest BCUT2D eigenvalue weighted by atomic mass is 10.1. The normalized spacial score (nSPS) is 12.1. The second kappa shape index (κ2) is 14.4. The molecule has 246 valence electrons. The molecule has 17 heteroatoms. The number of nitrogens with one attached hydrogen (secondary N) is 1. The van der Waals surface area contributed by atoms with E-state index in [4.69, 9.17) is 9.84 Å². The van der Waals surface area contributed by atoms with Crippen molar-refractivity contribution >= 4 is 49.7 Å². The summed E-state index contributed by atoms with van der Waals surface area (Å²) in [6.07, 6.45) is -9.94. The molecule has 0 saturated heterocycles. The Morgan fingerprint density at radius 2 is 1.23 bits per heavy atom. The van der Waals surface area contributed by atoms with E-state index in [0.29, 0.717) is 18.1 Å². The number of ether oxygens (including phenoxy) is 1. The molecule has 2 N–H and O–H groups in total. The van der Waals surface area contributed by atoms with Gasteiger partial charge in [-0.25, -0.2) is 19.0 Å². The first-order chi connectivity index (χ1) is 22.1. The fourth-order valence-corrected chi connectivity index (χ4v) is 4.60. The molecule has 3 aromatic carbocycles. The molecule has 1 atom stereocenters. The number of carbonyl (C=O) groups excluding carboxylic acids is 1. The molecule has 5 aromatic rings. The van der Waals surface area contributed by atoms with E-state index < -0.39 is 53.2 Å². The number of alkyl halides is 6. The number of anilines is 1. The Morgan fingerprint density at radius 3 is 1.72 bits per heavy atom. The number of nitrogens with zero attached hydrogens (tertiary/aromatic N) is 4. The van der Waals surface area contributed by atoms with Crippen LogP contribution < -0.4 is 5.32 Å². The number of halogens is 8. The summed E-state index contributed by atoms with van der Waals surface area (Å²) in [5, 5.41) is 18.4. The second-order valence-electron chi connectivity index (χ2n) is 9.47. The number of carboxylic acids is 1. The number of rotatable bonds is 6. The minimum atomic E-state index is -4.76. The largest absolute Gasteiger partial charge is 0.476 e. The first-order valence-electron chi connectivity index (χ1n) is 13.1. The Morgan fingerprint density at radius 1 is 0.766 bits per heavy atom. The van der Waals surface area contributed by atoms with Crippen LogP contribution in [0.25, 0.3) is 11.4 Å². The first kappa shape index (κ1) is 35.2. The minimum absolute atomic E-state index is 0.233. The van der Waals surface area contributed by atoms with Gasteiger partial charge in [0.15, 0.2) is 11.5 Å². The molecule has 47 heavy (non-hydrogen) atoms. The van der Waals surface area contributed by atoms with Gasteiger partial charge in [-0.05, 0) is 61.0 Å². The molecule has 2 aromatic heterocycles. The quantitative estimate of drug-likeness (QED) is 0.166. The predicted octanol–water partition coefficient (Wildman–Crippen LogP) is 9.32. The summed E-state index contributed by atoms with van der Waals surface area (Å²) in [5.74, 6) is -2.20. The molecule has 0 aliphatic rings. The van der Waals surface area contributed by atoms with Crippen molar-refractivity contribution in [2.75, 3.05) is 5.32 Å². The standard InChI is InChI=1S/C19H15BrF3N3O2.C11H6BrF3N2O2/c1-12(13-5-3-2-4-6-13)28-18(27)25-17-16(19(21,22)23)11-24-26(17)15-9-7-14(20)8-10-15;12-6-1-3-7(4-2-6)17-9(10(18)19)8(5-16-17)11(13,14)15/h2-12H,1H3,(H,25,27);1-5H,(H,18,19)/t12-;/m1./s1. The van der Waals surface area contributed by atoms with E-state index in [-0.39, 0.29) is 5.69 Å². The van der Waals surface area contributed by atoms with Crippen molar-refractivity contribution in [3.8, 4) is 11.4 Å². The number of carbonyl (C=O) groups is 2. The Labute approximate surface area is 279 Å². The Balaban J connectivity index is 0.000000229. The lowest BCUT2D eigenvalue weighted by Crippen LogP contribution is -2.20. The molecule has 0 fully saturated rings. The zero-order valence-corrected chi connectivity index (χ0v) is 26.9. The van der Waals surface area contributed by atoms with Gasteiger partial charge in [0, 0.05) is 8.95 Å². The number of aromatic nitrogens is 4. The summed E-state index contributed by atoms with van der Waals surface area (Å²) in [6.45, 7) is 1.63. The maximum absolute atomic E-state index is 13.4. The summed E-state index contributed by atoms with van der Waals surface area (Å²) >= 11 is 6.44. The molecule has 1 amide bonds. The maximum Gasteiger partial charge on any atom is 0.421 e. The van der Waals surface area contributed by atoms with Gasteiger partial charge in [-0.1, -0.05) is 62.2 Å². The molecular weight excluding hydrogens is 768 g/mol. The van der Waals surface area contributed by atoms with Crippen LogP contribution >= 0.6 is 31.9 Å². The Bertz CT molecular complexity index is 1840. The molecule has 2 heterocycles. The van der Waals surface area contributed by atoms with Crippen LogP contribution in [0.4, 0.5) is 37.0 Å². The minimum Gasteiger partial charge on any atom is -0.476 e. The van der Waals surface area contributed by atoms with Crippen molar-refractivity contribution < 1.29 is 45.8 Å². The Kier molecular flexibility index (Phi) is 10.8. The monoisotopic (exact) mass is 787 g/mol. The van der Waals surface area contributed by atoms with E-state index in [0.717, 1.165) is 23.9 Å². The third-order valence-corrected chi connectivity index (χ3v) is 7.32. The molecule has 9 nitrogen and oxygen atoms in total. The number of aromatic carboxylic acids is 1. The number of benzene rings is 3. The molecule has 0 aliphatic carbocycles. The topological polar surface area (TPSA) is 111 Å². The highest BCUT2D eigenvalue weighted by molar-refractivity contribution is 9.10. The highest BCUT2D eigenvalue weighted by Gasteiger charge is 2.39. The zero-order valence-electron chi connectivity index (χ0n) is 23.7. The van der Waals surface area contributed by atoms with Gasteiger partial charge in [-0.3, -0.25) is 5.32 Å². The number of carboxylic acid groups (broad SMARTS) is 1. The summed E-state index contributed by atoms with van der Waals surface area (Å²) < 4.78 is 86.6. The Hall–Kier alpha value is -4.64. The fourth-order valence-electron chi connectivity index (χ4n) is 4.07. The van der Waals surface area contributed by atoms with Crippen molar-refractivity contribution in [2.24, 2.45) is 0 Å². The van der Waals surface area contributed by atoms with E-state index in [1.165, 1.54) is 12.1 Å². The number of hydrogen-bond donors (Lipinski definition) is 2. The SMILES string of the molecule is C[C@@H](OC(=O)Nc1c(C(F)(F)F)cnn1-c1ccc(Br)cc1)c1ccccc1.O=C(O)c1c(C(F)(F)F)cnn1-c1ccc(Br)cc1. The van der Waals surface area contributed by atoms with Gasteiger partial charge >= 0.3 is 24.4 Å². The van der Waals surface area contributed by atoms with Gasteiger partial charge in [-0.2, -0.15) is 36.5 Å². The van der Waals surface area contributed by atoms with E-state index in [9.17, 15) is 35.9 Å². The molecule has 0 saturated carbocycles.